The summed E-state index contributed by atoms with van der Waals surface area (Å²) in [6, 6.07) is 9.70. The summed E-state index contributed by atoms with van der Waals surface area (Å²) in [5.41, 5.74) is -0.0325. The van der Waals surface area contributed by atoms with Crippen LogP contribution in [0.3, 0.4) is 0 Å². The summed E-state index contributed by atoms with van der Waals surface area (Å²) in [5.74, 6) is -1.68. The summed E-state index contributed by atoms with van der Waals surface area (Å²) >= 11 is 0. The topological polar surface area (TPSA) is 110 Å². The first-order valence-electron chi connectivity index (χ1n) is 7.73. The molecular formula is C17H17NO6S. The van der Waals surface area contributed by atoms with Gasteiger partial charge >= 0.3 is 5.97 Å². The van der Waals surface area contributed by atoms with Crippen molar-refractivity contribution in [3.05, 3.63) is 42.0 Å². The van der Waals surface area contributed by atoms with Crippen molar-refractivity contribution in [2.75, 3.05) is 18.1 Å². The molecule has 8 heteroatoms. The van der Waals surface area contributed by atoms with Gasteiger partial charge in [-0.3, -0.25) is 4.79 Å². The van der Waals surface area contributed by atoms with Crippen molar-refractivity contribution in [1.29, 1.82) is 0 Å². The molecule has 1 atom stereocenters. The molecule has 0 unspecified atom stereocenters. The van der Waals surface area contributed by atoms with E-state index in [-0.39, 0.29) is 22.8 Å². The third-order valence-electron chi connectivity index (χ3n) is 4.02. The fraction of sp³-hybridized carbons (Fsp3) is 0.294. The predicted molar refractivity (Wildman–Crippen MR) is 91.1 cm³/mol. The Balaban J connectivity index is 1.61. The Labute approximate surface area is 144 Å². The fourth-order valence-electron chi connectivity index (χ4n) is 2.78. The van der Waals surface area contributed by atoms with Gasteiger partial charge in [0.25, 0.3) is 5.91 Å². The number of aromatic hydroxyl groups is 1. The maximum atomic E-state index is 12.1. The molecule has 25 heavy (non-hydrogen) atoms. The highest BCUT2D eigenvalue weighted by Gasteiger charge is 2.29. The number of fused-ring (bicyclic) bond motifs is 1. The van der Waals surface area contributed by atoms with E-state index in [4.69, 9.17) is 4.74 Å². The van der Waals surface area contributed by atoms with Crippen LogP contribution >= 0.6 is 0 Å². The summed E-state index contributed by atoms with van der Waals surface area (Å²) in [6.07, 6.45) is 0.355. The standard InChI is InChI=1S/C17H17NO6S/c19-15-8-12-4-2-1-3-11(12)7-14(15)17(21)24-9-16(20)18-13-5-6-25(22,23)10-13/h1-4,7-8,13,19H,5-6,9-10H2,(H,18,20)/t13-/m0/s1. The number of nitrogens with one attached hydrogen (secondary N) is 1. The maximum absolute atomic E-state index is 12.1. The van der Waals surface area contributed by atoms with Crippen LogP contribution in [0, 0.1) is 0 Å². The number of rotatable bonds is 4. The minimum atomic E-state index is -3.10. The number of carbonyl (C=O) groups excluding carboxylic acids is 2. The number of ether oxygens (including phenoxy) is 1. The van der Waals surface area contributed by atoms with E-state index in [9.17, 15) is 23.1 Å². The van der Waals surface area contributed by atoms with Crippen LogP contribution in [-0.2, 0) is 19.4 Å². The molecule has 7 nitrogen and oxygen atoms in total. The van der Waals surface area contributed by atoms with Gasteiger partial charge in [0.1, 0.15) is 11.3 Å². The van der Waals surface area contributed by atoms with Gasteiger partial charge in [0, 0.05) is 6.04 Å². The average molecular weight is 363 g/mol. The monoisotopic (exact) mass is 363 g/mol. The van der Waals surface area contributed by atoms with Crippen molar-refractivity contribution in [2.24, 2.45) is 0 Å². The number of phenolic OH excluding ortho intramolecular Hbond substituents is 1. The molecule has 1 heterocycles. The Morgan fingerprint density at radius 2 is 1.88 bits per heavy atom. The third kappa shape index (κ3) is 4.08. The zero-order valence-corrected chi connectivity index (χ0v) is 14.1. The number of carbonyl (C=O) groups is 2. The lowest BCUT2D eigenvalue weighted by Gasteiger charge is -2.11. The number of esters is 1. The first-order valence-corrected chi connectivity index (χ1v) is 9.55. The van der Waals surface area contributed by atoms with Gasteiger partial charge in [-0.15, -0.1) is 0 Å². The molecule has 0 radical (unpaired) electrons. The molecule has 2 aromatic carbocycles. The van der Waals surface area contributed by atoms with Crippen LogP contribution in [0.15, 0.2) is 36.4 Å². The first kappa shape index (κ1) is 17.2. The van der Waals surface area contributed by atoms with Crippen molar-refractivity contribution in [3.63, 3.8) is 0 Å². The number of hydrogen-bond acceptors (Lipinski definition) is 6. The van der Waals surface area contributed by atoms with Crippen LogP contribution < -0.4 is 5.32 Å². The van der Waals surface area contributed by atoms with Gasteiger partial charge in [0.2, 0.25) is 0 Å². The normalized spacial score (nSPS) is 18.8. The highest BCUT2D eigenvalue weighted by atomic mass is 32.2. The van der Waals surface area contributed by atoms with Crippen LogP contribution in [0.2, 0.25) is 0 Å². The van der Waals surface area contributed by atoms with Crippen LogP contribution in [-0.4, -0.2) is 49.6 Å². The minimum absolute atomic E-state index is 0.0325. The van der Waals surface area contributed by atoms with Gasteiger partial charge in [-0.2, -0.15) is 0 Å². The van der Waals surface area contributed by atoms with Crippen LogP contribution in [0.5, 0.6) is 5.75 Å². The van der Waals surface area contributed by atoms with Crippen LogP contribution in [0.25, 0.3) is 10.8 Å². The smallest absolute Gasteiger partial charge is 0.342 e. The van der Waals surface area contributed by atoms with Crippen LogP contribution in [0.1, 0.15) is 16.8 Å². The Bertz CT molecular complexity index is 937. The van der Waals surface area contributed by atoms with E-state index in [2.05, 4.69) is 5.32 Å². The molecule has 1 saturated heterocycles. The lowest BCUT2D eigenvalue weighted by Crippen LogP contribution is -2.38. The zero-order chi connectivity index (χ0) is 18.0. The average Bonchev–Trinajstić information content (AvgIpc) is 2.90. The minimum Gasteiger partial charge on any atom is -0.507 e. The van der Waals surface area contributed by atoms with E-state index < -0.39 is 34.4 Å². The molecule has 0 bridgehead atoms. The van der Waals surface area contributed by atoms with E-state index in [0.29, 0.717) is 6.42 Å². The second-order valence-corrected chi connectivity index (χ2v) is 8.19. The Hall–Kier alpha value is -2.61. The molecule has 1 aliphatic rings. The van der Waals surface area contributed by atoms with Gasteiger partial charge in [-0.05, 0) is 29.3 Å². The number of phenols is 1. The molecule has 3 rings (SSSR count). The van der Waals surface area contributed by atoms with E-state index in [1.165, 1.54) is 12.1 Å². The van der Waals surface area contributed by atoms with Gasteiger partial charge in [-0.1, -0.05) is 24.3 Å². The number of sulfone groups is 1. The Morgan fingerprint density at radius 1 is 1.20 bits per heavy atom. The van der Waals surface area contributed by atoms with E-state index in [1.807, 2.05) is 6.07 Å². The van der Waals surface area contributed by atoms with Crippen molar-refractivity contribution >= 4 is 32.5 Å². The van der Waals surface area contributed by atoms with E-state index >= 15 is 0 Å². The van der Waals surface area contributed by atoms with Crippen molar-refractivity contribution in [1.82, 2.24) is 5.32 Å². The molecule has 0 spiro atoms. The predicted octanol–water partition coefficient (Wildman–Crippen LogP) is 1.01. The molecule has 0 saturated carbocycles. The summed E-state index contributed by atoms with van der Waals surface area (Å²) in [7, 11) is -3.10. The van der Waals surface area contributed by atoms with E-state index in [0.717, 1.165) is 10.8 Å². The van der Waals surface area contributed by atoms with Crippen molar-refractivity contribution in [3.8, 4) is 5.75 Å². The van der Waals surface area contributed by atoms with E-state index in [1.54, 1.807) is 18.2 Å². The Kier molecular flexibility index (Phi) is 4.63. The number of hydrogen-bond donors (Lipinski definition) is 2. The Morgan fingerprint density at radius 3 is 2.52 bits per heavy atom. The van der Waals surface area contributed by atoms with Gasteiger partial charge < -0.3 is 15.2 Å². The fourth-order valence-corrected chi connectivity index (χ4v) is 4.45. The molecule has 2 aromatic rings. The molecular weight excluding hydrogens is 346 g/mol. The van der Waals surface area contributed by atoms with Gasteiger partial charge in [-0.25, -0.2) is 13.2 Å². The largest absolute Gasteiger partial charge is 0.507 e. The SMILES string of the molecule is O=C(COC(=O)c1cc2ccccc2cc1O)N[C@H]1CCS(=O)(=O)C1. The lowest BCUT2D eigenvalue weighted by atomic mass is 10.1. The highest BCUT2D eigenvalue weighted by Crippen LogP contribution is 2.25. The second kappa shape index (κ2) is 6.72. The molecule has 0 aliphatic carbocycles. The molecule has 1 amide bonds. The molecule has 1 fully saturated rings. The summed E-state index contributed by atoms with van der Waals surface area (Å²) in [5, 5.41) is 14.0. The molecule has 1 aliphatic heterocycles. The maximum Gasteiger partial charge on any atom is 0.342 e. The van der Waals surface area contributed by atoms with Gasteiger partial charge in [0.15, 0.2) is 16.4 Å². The quantitative estimate of drug-likeness (QED) is 0.785. The van der Waals surface area contributed by atoms with Crippen molar-refractivity contribution in [2.45, 2.75) is 12.5 Å². The van der Waals surface area contributed by atoms with Gasteiger partial charge in [0.05, 0.1) is 11.5 Å². The van der Waals surface area contributed by atoms with Crippen LogP contribution in [0.4, 0.5) is 0 Å². The molecule has 0 aromatic heterocycles. The summed E-state index contributed by atoms with van der Waals surface area (Å²) in [4.78, 5) is 23.9. The third-order valence-corrected chi connectivity index (χ3v) is 5.78. The number of amides is 1. The first-order chi connectivity index (χ1) is 11.8. The highest BCUT2D eigenvalue weighted by molar-refractivity contribution is 7.91. The lowest BCUT2D eigenvalue weighted by molar-refractivity contribution is -0.124. The second-order valence-electron chi connectivity index (χ2n) is 5.96. The zero-order valence-electron chi connectivity index (χ0n) is 13.3. The molecule has 132 valence electrons. The summed E-state index contributed by atoms with van der Waals surface area (Å²) in [6.45, 7) is -0.540. The van der Waals surface area contributed by atoms with Crippen molar-refractivity contribution < 1.29 is 27.9 Å². The summed E-state index contributed by atoms with van der Waals surface area (Å²) < 4.78 is 27.6. The number of benzene rings is 2. The molecule has 2 N–H and O–H groups in total.